The largest absolute Gasteiger partial charge is 0.493 e. The third kappa shape index (κ3) is 3.81. The van der Waals surface area contributed by atoms with Gasteiger partial charge in [-0.3, -0.25) is 4.79 Å². The number of methoxy groups -OCH3 is 2. The van der Waals surface area contributed by atoms with E-state index in [-0.39, 0.29) is 35.7 Å². The summed E-state index contributed by atoms with van der Waals surface area (Å²) in [4.78, 5) is 14.2. The van der Waals surface area contributed by atoms with Crippen molar-refractivity contribution in [2.24, 2.45) is 0 Å². The average molecular weight is 333 g/mol. The SMILES string of the molecule is CNC1CCCN(C(=O)c2cc(OC)c(OC)cc2F)C1.Cl. The smallest absolute Gasteiger partial charge is 0.257 e. The Morgan fingerprint density at radius 1 is 1.32 bits per heavy atom. The molecular weight excluding hydrogens is 311 g/mol. The lowest BCUT2D eigenvalue weighted by atomic mass is 10.0. The summed E-state index contributed by atoms with van der Waals surface area (Å²) in [6.07, 6.45) is 1.93. The Labute approximate surface area is 136 Å². The molecule has 0 radical (unpaired) electrons. The number of likely N-dealkylation sites (N-methyl/N-ethyl adjacent to an activating group) is 1. The van der Waals surface area contributed by atoms with Gasteiger partial charge in [-0.2, -0.15) is 0 Å². The normalized spacial score (nSPS) is 17.6. The molecule has 0 bridgehead atoms. The molecule has 7 heteroatoms. The Balaban J connectivity index is 0.00000242. The lowest BCUT2D eigenvalue weighted by Gasteiger charge is -2.32. The summed E-state index contributed by atoms with van der Waals surface area (Å²) in [5, 5.41) is 3.16. The van der Waals surface area contributed by atoms with Crippen molar-refractivity contribution < 1.29 is 18.7 Å². The Morgan fingerprint density at radius 2 is 1.95 bits per heavy atom. The molecule has 5 nitrogen and oxygen atoms in total. The third-order valence-electron chi connectivity index (χ3n) is 3.82. The van der Waals surface area contributed by atoms with Crippen LogP contribution in [0, 0.1) is 5.82 Å². The first kappa shape index (κ1) is 18.5. The van der Waals surface area contributed by atoms with Gasteiger partial charge < -0.3 is 19.7 Å². The van der Waals surface area contributed by atoms with Crippen LogP contribution < -0.4 is 14.8 Å². The zero-order valence-corrected chi connectivity index (χ0v) is 13.8. The molecule has 2 rings (SSSR count). The van der Waals surface area contributed by atoms with E-state index >= 15 is 0 Å². The second-order valence-electron chi connectivity index (χ2n) is 5.07. The highest BCUT2D eigenvalue weighted by Gasteiger charge is 2.26. The van der Waals surface area contributed by atoms with Gasteiger partial charge in [-0.25, -0.2) is 4.39 Å². The van der Waals surface area contributed by atoms with E-state index in [2.05, 4.69) is 5.32 Å². The number of hydrogen-bond acceptors (Lipinski definition) is 4. The second-order valence-corrected chi connectivity index (χ2v) is 5.07. The molecule has 0 spiro atoms. The van der Waals surface area contributed by atoms with Gasteiger partial charge in [0, 0.05) is 25.2 Å². The topological polar surface area (TPSA) is 50.8 Å². The minimum Gasteiger partial charge on any atom is -0.493 e. The van der Waals surface area contributed by atoms with Crippen LogP contribution in [0.3, 0.4) is 0 Å². The van der Waals surface area contributed by atoms with E-state index in [1.807, 2.05) is 7.05 Å². The predicted molar refractivity (Wildman–Crippen MR) is 84.7 cm³/mol. The Kier molecular flexibility index (Phi) is 6.90. The summed E-state index contributed by atoms with van der Waals surface area (Å²) in [7, 11) is 4.76. The van der Waals surface area contributed by atoms with Crippen LogP contribution in [-0.2, 0) is 0 Å². The van der Waals surface area contributed by atoms with Crippen molar-refractivity contribution in [1.82, 2.24) is 10.2 Å². The highest BCUT2D eigenvalue weighted by Crippen LogP contribution is 2.30. The first-order valence-corrected chi connectivity index (χ1v) is 6.98. The maximum atomic E-state index is 14.1. The van der Waals surface area contributed by atoms with Crippen LogP contribution in [0.15, 0.2) is 12.1 Å². The van der Waals surface area contributed by atoms with Crippen molar-refractivity contribution in [3.63, 3.8) is 0 Å². The summed E-state index contributed by atoms with van der Waals surface area (Å²) in [5.41, 5.74) is 0.0180. The quantitative estimate of drug-likeness (QED) is 0.917. The minimum atomic E-state index is -0.593. The van der Waals surface area contributed by atoms with Gasteiger partial charge in [-0.1, -0.05) is 0 Å². The molecule has 1 aromatic rings. The molecule has 1 saturated heterocycles. The van der Waals surface area contributed by atoms with E-state index < -0.39 is 5.82 Å². The zero-order chi connectivity index (χ0) is 15.4. The van der Waals surface area contributed by atoms with E-state index in [4.69, 9.17) is 9.47 Å². The van der Waals surface area contributed by atoms with Gasteiger partial charge in [0.1, 0.15) is 5.82 Å². The number of nitrogens with one attached hydrogen (secondary N) is 1. The molecule has 1 aromatic carbocycles. The van der Waals surface area contributed by atoms with Crippen molar-refractivity contribution in [3.8, 4) is 11.5 Å². The Morgan fingerprint density at radius 3 is 2.55 bits per heavy atom. The fourth-order valence-corrected chi connectivity index (χ4v) is 2.59. The van der Waals surface area contributed by atoms with Gasteiger partial charge in [-0.05, 0) is 26.0 Å². The Bertz CT molecular complexity index is 528. The van der Waals surface area contributed by atoms with Gasteiger partial charge >= 0.3 is 0 Å². The van der Waals surface area contributed by atoms with E-state index in [1.54, 1.807) is 4.90 Å². The molecular formula is C15H22ClFN2O3. The molecule has 1 atom stereocenters. The van der Waals surface area contributed by atoms with Crippen molar-refractivity contribution in [3.05, 3.63) is 23.5 Å². The standard InChI is InChI=1S/C15H21FN2O3.ClH/c1-17-10-5-4-6-18(9-10)15(19)11-7-13(20-2)14(21-3)8-12(11)16;/h7-8,10,17H,4-6,9H2,1-3H3;1H. The monoisotopic (exact) mass is 332 g/mol. The maximum Gasteiger partial charge on any atom is 0.257 e. The van der Waals surface area contributed by atoms with Gasteiger partial charge in [0.25, 0.3) is 5.91 Å². The fourth-order valence-electron chi connectivity index (χ4n) is 2.59. The molecule has 124 valence electrons. The van der Waals surface area contributed by atoms with E-state index in [0.29, 0.717) is 18.8 Å². The summed E-state index contributed by atoms with van der Waals surface area (Å²) in [6, 6.07) is 2.84. The highest BCUT2D eigenvalue weighted by molar-refractivity contribution is 5.95. The van der Waals surface area contributed by atoms with Crippen LogP contribution >= 0.6 is 12.4 Å². The average Bonchev–Trinajstić information content (AvgIpc) is 2.53. The van der Waals surface area contributed by atoms with Gasteiger partial charge in [0.2, 0.25) is 0 Å². The van der Waals surface area contributed by atoms with Crippen molar-refractivity contribution >= 4 is 18.3 Å². The Hall–Kier alpha value is -1.53. The summed E-state index contributed by atoms with van der Waals surface area (Å²) >= 11 is 0. The highest BCUT2D eigenvalue weighted by atomic mass is 35.5. The molecule has 1 N–H and O–H groups in total. The molecule has 1 aliphatic heterocycles. The van der Waals surface area contributed by atoms with Crippen LogP contribution in [0.2, 0.25) is 0 Å². The van der Waals surface area contributed by atoms with Gasteiger partial charge in [-0.15, -0.1) is 12.4 Å². The number of rotatable bonds is 4. The number of amides is 1. The summed E-state index contributed by atoms with van der Waals surface area (Å²) in [5.74, 6) is -0.277. The van der Waals surface area contributed by atoms with Crippen molar-refractivity contribution in [2.45, 2.75) is 18.9 Å². The van der Waals surface area contributed by atoms with Crippen LogP contribution in [0.5, 0.6) is 11.5 Å². The fraction of sp³-hybridized carbons (Fsp3) is 0.533. The molecule has 0 saturated carbocycles. The molecule has 0 aromatic heterocycles. The second kappa shape index (κ2) is 8.19. The molecule has 0 aliphatic carbocycles. The van der Waals surface area contributed by atoms with Crippen LogP contribution in [0.1, 0.15) is 23.2 Å². The number of likely N-dealkylation sites (tertiary alicyclic amines) is 1. The number of piperidine rings is 1. The van der Waals surface area contributed by atoms with Gasteiger partial charge in [0.05, 0.1) is 19.8 Å². The maximum absolute atomic E-state index is 14.1. The number of hydrogen-bond donors (Lipinski definition) is 1. The molecule has 1 aliphatic rings. The molecule has 22 heavy (non-hydrogen) atoms. The zero-order valence-electron chi connectivity index (χ0n) is 13.0. The van der Waals surface area contributed by atoms with Crippen molar-refractivity contribution in [1.29, 1.82) is 0 Å². The first-order valence-electron chi connectivity index (χ1n) is 6.98. The summed E-state index contributed by atoms with van der Waals surface area (Å²) < 4.78 is 24.3. The molecule has 1 unspecified atom stereocenters. The number of nitrogens with zero attached hydrogens (tertiary/aromatic N) is 1. The van der Waals surface area contributed by atoms with Gasteiger partial charge in [0.15, 0.2) is 11.5 Å². The van der Waals surface area contributed by atoms with Crippen LogP contribution in [-0.4, -0.2) is 51.2 Å². The van der Waals surface area contributed by atoms with E-state index in [9.17, 15) is 9.18 Å². The first-order chi connectivity index (χ1) is 10.1. The van der Waals surface area contributed by atoms with Crippen molar-refractivity contribution in [2.75, 3.05) is 34.4 Å². The minimum absolute atomic E-state index is 0. The lowest BCUT2D eigenvalue weighted by Crippen LogP contribution is -2.47. The van der Waals surface area contributed by atoms with Crippen LogP contribution in [0.25, 0.3) is 0 Å². The third-order valence-corrected chi connectivity index (χ3v) is 3.82. The van der Waals surface area contributed by atoms with Crippen LogP contribution in [0.4, 0.5) is 4.39 Å². The van der Waals surface area contributed by atoms with E-state index in [0.717, 1.165) is 12.8 Å². The molecule has 1 fully saturated rings. The summed E-state index contributed by atoms with van der Waals surface area (Å²) in [6.45, 7) is 1.23. The molecule has 1 amide bonds. The lowest BCUT2D eigenvalue weighted by molar-refractivity contribution is 0.0693. The number of halogens is 2. The number of benzene rings is 1. The molecule has 1 heterocycles. The van der Waals surface area contributed by atoms with E-state index in [1.165, 1.54) is 26.4 Å². The number of carbonyl (C=O) groups excluding carboxylic acids is 1. The number of carbonyl (C=O) groups is 1. The predicted octanol–water partition coefficient (Wildman–Crippen LogP) is 2.09. The number of ether oxygens (including phenoxy) is 2.